The molecule has 0 spiro atoms. The highest BCUT2D eigenvalue weighted by Crippen LogP contribution is 2.37. The predicted octanol–water partition coefficient (Wildman–Crippen LogP) is 5.13. The lowest BCUT2D eigenvalue weighted by Gasteiger charge is -2.15. The highest BCUT2D eigenvalue weighted by Gasteiger charge is 2.16. The van der Waals surface area contributed by atoms with Crippen molar-refractivity contribution in [1.29, 1.82) is 0 Å². The Balaban J connectivity index is 2.39. The standard InChI is InChI=1S/C12H10BrCl2NS/c1-16-11(7-3-2-4-8(14)5-7)10-6-9(13)12(15)17-10/h2-6,11,16H,1H3. The van der Waals surface area contributed by atoms with Crippen LogP contribution in [-0.2, 0) is 0 Å². The molecule has 0 aliphatic carbocycles. The molecule has 0 saturated carbocycles. The molecule has 0 aliphatic rings. The normalized spacial score (nSPS) is 12.7. The largest absolute Gasteiger partial charge is 0.309 e. The minimum Gasteiger partial charge on any atom is -0.309 e. The summed E-state index contributed by atoms with van der Waals surface area (Å²) in [5.74, 6) is 0. The van der Waals surface area contributed by atoms with E-state index in [0.29, 0.717) is 0 Å². The SMILES string of the molecule is CNC(c1cccc(Cl)c1)c1cc(Br)c(Cl)s1. The van der Waals surface area contributed by atoms with Crippen molar-refractivity contribution in [2.24, 2.45) is 0 Å². The third-order valence-corrected chi connectivity index (χ3v) is 5.19. The molecule has 1 nitrogen and oxygen atoms in total. The van der Waals surface area contributed by atoms with E-state index in [0.717, 1.165) is 24.3 Å². The average molecular weight is 351 g/mol. The highest BCUT2D eigenvalue weighted by atomic mass is 79.9. The third kappa shape index (κ3) is 3.04. The van der Waals surface area contributed by atoms with Crippen LogP contribution in [0.15, 0.2) is 34.8 Å². The first-order chi connectivity index (χ1) is 8.11. The van der Waals surface area contributed by atoms with Gasteiger partial charge in [-0.15, -0.1) is 11.3 Å². The molecular formula is C12H10BrCl2NS. The summed E-state index contributed by atoms with van der Waals surface area (Å²) < 4.78 is 1.70. The first kappa shape index (κ1) is 13.4. The van der Waals surface area contributed by atoms with Gasteiger partial charge in [-0.05, 0) is 46.7 Å². The van der Waals surface area contributed by atoms with E-state index in [1.54, 1.807) is 11.3 Å². The van der Waals surface area contributed by atoms with Crippen molar-refractivity contribution in [3.05, 3.63) is 54.6 Å². The second kappa shape index (κ2) is 5.72. The summed E-state index contributed by atoms with van der Waals surface area (Å²) in [6.45, 7) is 0. The van der Waals surface area contributed by atoms with Gasteiger partial charge in [0.2, 0.25) is 0 Å². The quantitative estimate of drug-likeness (QED) is 0.809. The van der Waals surface area contributed by atoms with E-state index in [9.17, 15) is 0 Å². The van der Waals surface area contributed by atoms with Gasteiger partial charge >= 0.3 is 0 Å². The summed E-state index contributed by atoms with van der Waals surface area (Å²) in [6.07, 6.45) is 0. The van der Waals surface area contributed by atoms with Gasteiger partial charge in [0.1, 0.15) is 4.34 Å². The van der Waals surface area contributed by atoms with Gasteiger partial charge in [-0.2, -0.15) is 0 Å². The van der Waals surface area contributed by atoms with E-state index < -0.39 is 0 Å². The first-order valence-electron chi connectivity index (χ1n) is 4.99. The van der Waals surface area contributed by atoms with Gasteiger partial charge < -0.3 is 5.32 Å². The molecule has 2 rings (SSSR count). The maximum absolute atomic E-state index is 6.07. The van der Waals surface area contributed by atoms with Crippen LogP contribution in [0.5, 0.6) is 0 Å². The zero-order valence-corrected chi connectivity index (χ0v) is 12.9. The summed E-state index contributed by atoms with van der Waals surface area (Å²) in [6, 6.07) is 9.98. The van der Waals surface area contributed by atoms with Crippen LogP contribution in [0, 0.1) is 0 Å². The molecule has 5 heteroatoms. The number of benzene rings is 1. The van der Waals surface area contributed by atoms with Gasteiger partial charge in [-0.3, -0.25) is 0 Å². The van der Waals surface area contributed by atoms with Crippen molar-refractivity contribution in [2.75, 3.05) is 7.05 Å². The Bertz CT molecular complexity index is 507. The van der Waals surface area contributed by atoms with Crippen molar-refractivity contribution in [2.45, 2.75) is 6.04 Å². The zero-order chi connectivity index (χ0) is 12.4. The van der Waals surface area contributed by atoms with Crippen molar-refractivity contribution in [1.82, 2.24) is 5.32 Å². The second-order valence-corrected chi connectivity index (χ2v) is 6.52. The van der Waals surface area contributed by atoms with Crippen LogP contribution in [0.1, 0.15) is 16.5 Å². The van der Waals surface area contributed by atoms with Crippen molar-refractivity contribution >= 4 is 50.5 Å². The molecule has 1 aromatic carbocycles. The summed E-state index contributed by atoms with van der Waals surface area (Å²) in [4.78, 5) is 1.16. The molecule has 1 atom stereocenters. The summed E-state index contributed by atoms with van der Waals surface area (Å²) in [7, 11) is 1.92. The summed E-state index contributed by atoms with van der Waals surface area (Å²) in [5.41, 5.74) is 1.13. The van der Waals surface area contributed by atoms with E-state index >= 15 is 0 Å². The Hall–Kier alpha value is -0.0600. The molecule has 0 aliphatic heterocycles. The number of hydrogen-bond donors (Lipinski definition) is 1. The Morgan fingerprint density at radius 3 is 2.59 bits per heavy atom. The van der Waals surface area contributed by atoms with Gasteiger partial charge in [0.25, 0.3) is 0 Å². The molecule has 1 aromatic heterocycles. The van der Waals surface area contributed by atoms with Crippen molar-refractivity contribution in [3.63, 3.8) is 0 Å². The maximum Gasteiger partial charge on any atom is 0.107 e. The zero-order valence-electron chi connectivity index (χ0n) is 9.01. The lowest BCUT2D eigenvalue weighted by Crippen LogP contribution is -2.16. The molecular weight excluding hydrogens is 341 g/mol. The molecule has 0 radical (unpaired) electrons. The molecule has 90 valence electrons. The van der Waals surface area contributed by atoms with Crippen LogP contribution in [0.2, 0.25) is 9.36 Å². The van der Waals surface area contributed by atoms with Gasteiger partial charge in [0.05, 0.1) is 6.04 Å². The number of thiophene rings is 1. The van der Waals surface area contributed by atoms with Gasteiger partial charge in [0.15, 0.2) is 0 Å². The smallest absolute Gasteiger partial charge is 0.107 e. The van der Waals surface area contributed by atoms with Crippen LogP contribution in [0.4, 0.5) is 0 Å². The fraction of sp³-hybridized carbons (Fsp3) is 0.167. The Labute approximate surface area is 123 Å². The fourth-order valence-electron chi connectivity index (χ4n) is 1.66. The Morgan fingerprint density at radius 2 is 2.06 bits per heavy atom. The van der Waals surface area contributed by atoms with Crippen LogP contribution >= 0.6 is 50.5 Å². The van der Waals surface area contributed by atoms with E-state index in [2.05, 4.69) is 27.3 Å². The van der Waals surface area contributed by atoms with Gasteiger partial charge in [0, 0.05) is 14.4 Å². The van der Waals surface area contributed by atoms with Gasteiger partial charge in [-0.25, -0.2) is 0 Å². The molecule has 1 heterocycles. The topological polar surface area (TPSA) is 12.0 Å². The van der Waals surface area contributed by atoms with E-state index in [-0.39, 0.29) is 6.04 Å². The lowest BCUT2D eigenvalue weighted by atomic mass is 10.1. The van der Waals surface area contributed by atoms with E-state index in [4.69, 9.17) is 23.2 Å². The average Bonchev–Trinajstić information content (AvgIpc) is 2.60. The second-order valence-electron chi connectivity index (χ2n) is 3.55. The molecule has 0 fully saturated rings. The summed E-state index contributed by atoms with van der Waals surface area (Å²) in [5, 5.41) is 4.01. The monoisotopic (exact) mass is 349 g/mol. The fourth-order valence-corrected chi connectivity index (χ4v) is 3.74. The first-order valence-corrected chi connectivity index (χ1v) is 7.36. The number of rotatable bonds is 3. The van der Waals surface area contributed by atoms with Crippen molar-refractivity contribution < 1.29 is 0 Å². The van der Waals surface area contributed by atoms with Crippen LogP contribution < -0.4 is 5.32 Å². The summed E-state index contributed by atoms with van der Waals surface area (Å²) >= 11 is 17.1. The third-order valence-electron chi connectivity index (χ3n) is 2.42. The lowest BCUT2D eigenvalue weighted by molar-refractivity contribution is 0.704. The highest BCUT2D eigenvalue weighted by molar-refractivity contribution is 9.10. The van der Waals surface area contributed by atoms with E-state index in [1.807, 2.05) is 31.3 Å². The maximum atomic E-state index is 6.07. The van der Waals surface area contributed by atoms with Crippen LogP contribution in [-0.4, -0.2) is 7.05 Å². The van der Waals surface area contributed by atoms with E-state index in [1.165, 1.54) is 0 Å². The number of halogens is 3. The molecule has 0 saturated heterocycles. The molecule has 2 aromatic rings. The van der Waals surface area contributed by atoms with Crippen LogP contribution in [0.25, 0.3) is 0 Å². The number of nitrogens with one attached hydrogen (secondary N) is 1. The van der Waals surface area contributed by atoms with Crippen molar-refractivity contribution in [3.8, 4) is 0 Å². The Morgan fingerprint density at radius 1 is 1.29 bits per heavy atom. The molecule has 1 unspecified atom stereocenters. The molecule has 0 bridgehead atoms. The minimum atomic E-state index is 0.113. The molecule has 1 N–H and O–H groups in total. The molecule has 0 amide bonds. The van der Waals surface area contributed by atoms with Gasteiger partial charge in [-0.1, -0.05) is 35.3 Å². The Kier molecular flexibility index (Phi) is 4.50. The minimum absolute atomic E-state index is 0.113. The predicted molar refractivity (Wildman–Crippen MR) is 79.4 cm³/mol. The van der Waals surface area contributed by atoms with Crippen LogP contribution in [0.3, 0.4) is 0 Å². The molecule has 17 heavy (non-hydrogen) atoms. The number of hydrogen-bond acceptors (Lipinski definition) is 2.